The molecule has 1 atom stereocenters. The van der Waals surface area contributed by atoms with Gasteiger partial charge in [-0.25, -0.2) is 0 Å². The van der Waals surface area contributed by atoms with Gasteiger partial charge in [-0.3, -0.25) is 4.79 Å². The lowest BCUT2D eigenvalue weighted by molar-refractivity contribution is -0.126. The summed E-state index contributed by atoms with van der Waals surface area (Å²) >= 11 is 0. The first-order valence-corrected chi connectivity index (χ1v) is 4.33. The summed E-state index contributed by atoms with van der Waals surface area (Å²) in [7, 11) is 0. The Morgan fingerprint density at radius 1 is 1.67 bits per heavy atom. The van der Waals surface area contributed by atoms with Crippen LogP contribution in [0.2, 0.25) is 0 Å². The van der Waals surface area contributed by atoms with Crippen molar-refractivity contribution in [2.24, 2.45) is 5.73 Å². The van der Waals surface area contributed by atoms with E-state index in [1.165, 1.54) is 0 Å². The number of likely N-dealkylation sites (tertiary alicyclic amines) is 1. The van der Waals surface area contributed by atoms with E-state index in [0.29, 0.717) is 6.54 Å². The van der Waals surface area contributed by atoms with Crippen LogP contribution in [0.3, 0.4) is 0 Å². The summed E-state index contributed by atoms with van der Waals surface area (Å²) in [5, 5.41) is 0. The Hall–Kier alpha value is -0.830. The van der Waals surface area contributed by atoms with Gasteiger partial charge in [0.2, 0.25) is 5.91 Å². The van der Waals surface area contributed by atoms with E-state index in [9.17, 15) is 4.79 Å². The van der Waals surface area contributed by atoms with Crippen LogP contribution in [0.25, 0.3) is 0 Å². The van der Waals surface area contributed by atoms with E-state index in [0.717, 1.165) is 18.5 Å². The standard InChI is InChI=1S/C9H16N2O/c1-3-7(2)9(12)11-5-4-8(10)6-11/h3,8H,4-6,10H2,1-2H3/b7-3-. The van der Waals surface area contributed by atoms with Crippen molar-refractivity contribution >= 4 is 5.91 Å². The maximum absolute atomic E-state index is 11.5. The molecule has 0 aliphatic carbocycles. The zero-order valence-electron chi connectivity index (χ0n) is 7.71. The molecular weight excluding hydrogens is 152 g/mol. The molecule has 0 bridgehead atoms. The Kier molecular flexibility index (Phi) is 2.87. The lowest BCUT2D eigenvalue weighted by Crippen LogP contribution is -2.32. The quantitative estimate of drug-likeness (QED) is 0.580. The summed E-state index contributed by atoms with van der Waals surface area (Å²) < 4.78 is 0. The van der Waals surface area contributed by atoms with Crippen LogP contribution in [0, 0.1) is 0 Å². The smallest absolute Gasteiger partial charge is 0.249 e. The van der Waals surface area contributed by atoms with Gasteiger partial charge in [0, 0.05) is 24.7 Å². The molecule has 1 amide bonds. The molecule has 3 nitrogen and oxygen atoms in total. The first-order valence-electron chi connectivity index (χ1n) is 4.33. The highest BCUT2D eigenvalue weighted by atomic mass is 16.2. The van der Waals surface area contributed by atoms with E-state index < -0.39 is 0 Å². The van der Waals surface area contributed by atoms with E-state index in [1.807, 2.05) is 24.8 Å². The van der Waals surface area contributed by atoms with Gasteiger partial charge in [0.05, 0.1) is 0 Å². The molecule has 1 aliphatic heterocycles. The van der Waals surface area contributed by atoms with Crippen molar-refractivity contribution in [1.29, 1.82) is 0 Å². The molecule has 1 unspecified atom stereocenters. The van der Waals surface area contributed by atoms with Gasteiger partial charge in [-0.05, 0) is 20.3 Å². The number of carbonyl (C=O) groups is 1. The van der Waals surface area contributed by atoms with Crippen LogP contribution < -0.4 is 5.73 Å². The third-order valence-corrected chi connectivity index (χ3v) is 2.28. The van der Waals surface area contributed by atoms with Gasteiger partial charge in [0.1, 0.15) is 0 Å². The molecule has 2 N–H and O–H groups in total. The van der Waals surface area contributed by atoms with Crippen molar-refractivity contribution in [2.45, 2.75) is 26.3 Å². The van der Waals surface area contributed by atoms with Crippen LogP contribution in [0.1, 0.15) is 20.3 Å². The number of nitrogens with two attached hydrogens (primary N) is 1. The fourth-order valence-corrected chi connectivity index (χ4v) is 1.34. The van der Waals surface area contributed by atoms with Crippen LogP contribution in [0.4, 0.5) is 0 Å². The second-order valence-corrected chi connectivity index (χ2v) is 3.27. The zero-order chi connectivity index (χ0) is 9.14. The highest BCUT2D eigenvalue weighted by Gasteiger charge is 2.23. The minimum Gasteiger partial charge on any atom is -0.337 e. The molecule has 0 saturated carbocycles. The number of carbonyl (C=O) groups excluding carboxylic acids is 1. The second-order valence-electron chi connectivity index (χ2n) is 3.27. The number of nitrogens with zero attached hydrogens (tertiary/aromatic N) is 1. The van der Waals surface area contributed by atoms with E-state index in [2.05, 4.69) is 0 Å². The predicted molar refractivity (Wildman–Crippen MR) is 48.6 cm³/mol. The molecule has 1 aliphatic rings. The number of amides is 1. The third kappa shape index (κ3) is 1.85. The number of allylic oxidation sites excluding steroid dienone is 1. The molecule has 1 heterocycles. The lowest BCUT2D eigenvalue weighted by atomic mass is 10.2. The molecule has 0 spiro atoms. The van der Waals surface area contributed by atoms with Gasteiger partial charge in [0.15, 0.2) is 0 Å². The fourth-order valence-electron chi connectivity index (χ4n) is 1.34. The summed E-state index contributed by atoms with van der Waals surface area (Å²) in [5.74, 6) is 0.130. The van der Waals surface area contributed by atoms with Gasteiger partial charge in [-0.2, -0.15) is 0 Å². The minimum atomic E-state index is 0.130. The largest absolute Gasteiger partial charge is 0.337 e. The number of hydrogen-bond acceptors (Lipinski definition) is 2. The van der Waals surface area contributed by atoms with Crippen LogP contribution in [-0.2, 0) is 4.79 Å². The third-order valence-electron chi connectivity index (χ3n) is 2.28. The van der Waals surface area contributed by atoms with Crippen LogP contribution in [-0.4, -0.2) is 29.9 Å². The van der Waals surface area contributed by atoms with Gasteiger partial charge in [-0.15, -0.1) is 0 Å². The normalized spacial score (nSPS) is 24.8. The first kappa shape index (κ1) is 9.26. The molecule has 0 radical (unpaired) electrons. The molecular formula is C9H16N2O. The molecule has 0 aromatic carbocycles. The molecule has 3 heteroatoms. The molecule has 1 saturated heterocycles. The fraction of sp³-hybridized carbons (Fsp3) is 0.667. The average Bonchev–Trinajstić information content (AvgIpc) is 2.49. The van der Waals surface area contributed by atoms with Crippen molar-refractivity contribution in [3.63, 3.8) is 0 Å². The SMILES string of the molecule is C/C=C(/C)C(=O)N1CCC(N)C1. The zero-order valence-corrected chi connectivity index (χ0v) is 7.71. The Balaban J connectivity index is 2.54. The monoisotopic (exact) mass is 168 g/mol. The van der Waals surface area contributed by atoms with Crippen molar-refractivity contribution in [3.8, 4) is 0 Å². The summed E-state index contributed by atoms with van der Waals surface area (Å²) in [6.07, 6.45) is 2.77. The number of hydrogen-bond donors (Lipinski definition) is 1. The van der Waals surface area contributed by atoms with Gasteiger partial charge >= 0.3 is 0 Å². The average molecular weight is 168 g/mol. The lowest BCUT2D eigenvalue weighted by Gasteiger charge is -2.15. The highest BCUT2D eigenvalue weighted by Crippen LogP contribution is 2.10. The molecule has 1 fully saturated rings. The highest BCUT2D eigenvalue weighted by molar-refractivity contribution is 5.92. The summed E-state index contributed by atoms with van der Waals surface area (Å²) in [6.45, 7) is 5.24. The van der Waals surface area contributed by atoms with Crippen molar-refractivity contribution in [2.75, 3.05) is 13.1 Å². The van der Waals surface area contributed by atoms with Crippen LogP contribution in [0.5, 0.6) is 0 Å². The Labute approximate surface area is 73.2 Å². The van der Waals surface area contributed by atoms with Crippen molar-refractivity contribution < 1.29 is 4.79 Å². The molecule has 12 heavy (non-hydrogen) atoms. The Bertz CT molecular complexity index is 211. The van der Waals surface area contributed by atoms with E-state index in [-0.39, 0.29) is 11.9 Å². The van der Waals surface area contributed by atoms with Gasteiger partial charge in [0.25, 0.3) is 0 Å². The second kappa shape index (κ2) is 3.72. The molecule has 0 aromatic rings. The van der Waals surface area contributed by atoms with E-state index in [4.69, 9.17) is 5.73 Å². The van der Waals surface area contributed by atoms with Gasteiger partial charge in [-0.1, -0.05) is 6.08 Å². The van der Waals surface area contributed by atoms with Gasteiger partial charge < -0.3 is 10.6 Å². The van der Waals surface area contributed by atoms with E-state index >= 15 is 0 Å². The van der Waals surface area contributed by atoms with E-state index in [1.54, 1.807) is 0 Å². The summed E-state index contributed by atoms with van der Waals surface area (Å²) in [4.78, 5) is 13.3. The Morgan fingerprint density at radius 3 is 2.75 bits per heavy atom. The first-order chi connectivity index (χ1) is 5.65. The molecule has 68 valence electrons. The van der Waals surface area contributed by atoms with Crippen molar-refractivity contribution in [1.82, 2.24) is 4.90 Å². The maximum atomic E-state index is 11.5. The maximum Gasteiger partial charge on any atom is 0.249 e. The van der Waals surface area contributed by atoms with Crippen LogP contribution in [0.15, 0.2) is 11.6 Å². The molecule has 0 aromatic heterocycles. The van der Waals surface area contributed by atoms with Crippen molar-refractivity contribution in [3.05, 3.63) is 11.6 Å². The Morgan fingerprint density at radius 2 is 2.33 bits per heavy atom. The minimum absolute atomic E-state index is 0.130. The summed E-state index contributed by atoms with van der Waals surface area (Å²) in [5.41, 5.74) is 6.50. The predicted octanol–water partition coefficient (Wildman–Crippen LogP) is 0.512. The summed E-state index contributed by atoms with van der Waals surface area (Å²) in [6, 6.07) is 0.179. The topological polar surface area (TPSA) is 46.3 Å². The number of rotatable bonds is 1. The molecule has 1 rings (SSSR count). The van der Waals surface area contributed by atoms with Crippen LogP contribution >= 0.6 is 0 Å².